The fourth-order valence-electron chi connectivity index (χ4n) is 1.64. The van der Waals surface area contributed by atoms with Crippen LogP contribution in [0.1, 0.15) is 5.56 Å². The van der Waals surface area contributed by atoms with Crippen LogP contribution in [-0.2, 0) is 9.53 Å². The van der Waals surface area contributed by atoms with E-state index in [-0.39, 0.29) is 17.3 Å². The first-order valence-corrected chi connectivity index (χ1v) is 5.83. The number of benzene rings is 1. The molecule has 1 aromatic rings. The van der Waals surface area contributed by atoms with Crippen LogP contribution in [0.4, 0.5) is 5.69 Å². The number of nitriles is 1. The van der Waals surface area contributed by atoms with Gasteiger partial charge in [0.25, 0.3) is 5.91 Å². The van der Waals surface area contributed by atoms with Gasteiger partial charge in [0.1, 0.15) is 11.6 Å². The van der Waals surface area contributed by atoms with Gasteiger partial charge in [-0.15, -0.1) is 0 Å². The number of amides is 1. The lowest BCUT2D eigenvalue weighted by molar-refractivity contribution is -0.121. The highest BCUT2D eigenvalue weighted by atomic mass is 16.5. The molecule has 1 heterocycles. The summed E-state index contributed by atoms with van der Waals surface area (Å²) in [6.07, 6.45) is 1.28. The van der Waals surface area contributed by atoms with Crippen LogP contribution in [0, 0.1) is 11.3 Å². The molecule has 0 aromatic heterocycles. The highest BCUT2D eigenvalue weighted by molar-refractivity contribution is 6.02. The number of rotatable bonds is 3. The summed E-state index contributed by atoms with van der Waals surface area (Å²) in [5.41, 5.74) is 5.66. The van der Waals surface area contributed by atoms with Crippen LogP contribution in [0.2, 0.25) is 0 Å². The number of nitrogen functional groups attached to an aromatic ring is 1. The van der Waals surface area contributed by atoms with E-state index in [1.807, 2.05) is 0 Å². The van der Waals surface area contributed by atoms with Crippen LogP contribution in [0.3, 0.4) is 0 Å². The maximum absolute atomic E-state index is 11.8. The molecular formula is C13H13N3O4. The van der Waals surface area contributed by atoms with Crippen molar-refractivity contribution in [2.24, 2.45) is 0 Å². The van der Waals surface area contributed by atoms with Gasteiger partial charge < -0.3 is 26.0 Å². The molecule has 0 atom stereocenters. The summed E-state index contributed by atoms with van der Waals surface area (Å²) in [5, 5.41) is 30.4. The van der Waals surface area contributed by atoms with Crippen molar-refractivity contribution < 1.29 is 19.7 Å². The number of nitrogens with zero attached hydrogens (tertiary/aromatic N) is 1. The maximum Gasteiger partial charge on any atom is 0.262 e. The van der Waals surface area contributed by atoms with E-state index in [1.165, 1.54) is 18.2 Å². The molecule has 20 heavy (non-hydrogen) atoms. The second-order valence-corrected chi connectivity index (χ2v) is 4.36. The molecule has 104 valence electrons. The molecule has 7 nitrogen and oxygen atoms in total. The number of carbonyl (C=O) groups is 1. The van der Waals surface area contributed by atoms with E-state index < -0.39 is 17.4 Å². The van der Waals surface area contributed by atoms with Crippen LogP contribution in [0.25, 0.3) is 6.08 Å². The number of aromatic hydroxyl groups is 2. The summed E-state index contributed by atoms with van der Waals surface area (Å²) in [6.45, 7) is 0.856. The third kappa shape index (κ3) is 2.81. The first-order valence-electron chi connectivity index (χ1n) is 5.83. The number of anilines is 1. The van der Waals surface area contributed by atoms with Gasteiger partial charge in [-0.1, -0.05) is 0 Å². The summed E-state index contributed by atoms with van der Waals surface area (Å²) in [5.74, 6) is -1.37. The molecule has 1 aromatic carbocycles. The van der Waals surface area contributed by atoms with E-state index in [1.54, 1.807) is 6.07 Å². The van der Waals surface area contributed by atoms with Crippen molar-refractivity contribution in [1.29, 1.82) is 5.26 Å². The Hall–Kier alpha value is -2.72. The van der Waals surface area contributed by atoms with E-state index in [4.69, 9.17) is 15.7 Å². The highest BCUT2D eigenvalue weighted by Gasteiger charge is 2.22. The van der Waals surface area contributed by atoms with Crippen LogP contribution in [0.5, 0.6) is 11.5 Å². The largest absolute Gasteiger partial charge is 0.504 e. The number of nitrogens with two attached hydrogens (primary N) is 1. The van der Waals surface area contributed by atoms with Crippen molar-refractivity contribution >= 4 is 17.7 Å². The van der Waals surface area contributed by atoms with Crippen molar-refractivity contribution in [2.45, 2.75) is 6.04 Å². The minimum Gasteiger partial charge on any atom is -0.504 e. The second-order valence-electron chi connectivity index (χ2n) is 4.36. The zero-order valence-electron chi connectivity index (χ0n) is 10.5. The molecule has 1 aliphatic rings. The molecule has 1 amide bonds. The molecule has 1 aliphatic heterocycles. The lowest BCUT2D eigenvalue weighted by Gasteiger charge is -2.26. The number of nitrogens with one attached hydrogen (secondary N) is 1. The standard InChI is InChI=1S/C13H13N3O4/c14-4-8(13(19)16-9-5-20-6-9)1-7-2-10(15)12(18)11(17)3-7/h1-3,9,17-18H,5-6,15H2,(H,16,19)/b8-1+. The summed E-state index contributed by atoms with van der Waals surface area (Å²) in [4.78, 5) is 11.8. The zero-order chi connectivity index (χ0) is 14.7. The lowest BCUT2D eigenvalue weighted by atomic mass is 10.1. The lowest BCUT2D eigenvalue weighted by Crippen LogP contribution is -2.48. The summed E-state index contributed by atoms with van der Waals surface area (Å²) in [7, 11) is 0. The normalized spacial score (nSPS) is 15.2. The molecular weight excluding hydrogens is 262 g/mol. The van der Waals surface area contributed by atoms with Gasteiger partial charge in [0.05, 0.1) is 24.9 Å². The van der Waals surface area contributed by atoms with Crippen molar-refractivity contribution in [3.63, 3.8) is 0 Å². The topological polar surface area (TPSA) is 129 Å². The first-order chi connectivity index (χ1) is 9.51. The van der Waals surface area contributed by atoms with Gasteiger partial charge in [0.15, 0.2) is 11.5 Å². The average Bonchev–Trinajstić information content (AvgIpc) is 2.37. The smallest absolute Gasteiger partial charge is 0.262 e. The minimum atomic E-state index is -0.521. The SMILES string of the molecule is N#C/C(=C\c1cc(N)c(O)c(O)c1)C(=O)NC1COC1. The maximum atomic E-state index is 11.8. The molecule has 5 N–H and O–H groups in total. The van der Waals surface area contributed by atoms with E-state index >= 15 is 0 Å². The Morgan fingerprint density at radius 3 is 2.70 bits per heavy atom. The Bertz CT molecular complexity index is 592. The third-order valence-corrected chi connectivity index (χ3v) is 2.79. The predicted octanol–water partition coefficient (Wildman–Crippen LogP) is 0.102. The molecule has 7 heteroatoms. The molecule has 0 radical (unpaired) electrons. The Kier molecular flexibility index (Phi) is 3.77. The number of phenolic OH excluding ortho intramolecular Hbond substituents is 2. The van der Waals surface area contributed by atoms with E-state index in [0.717, 1.165) is 0 Å². The van der Waals surface area contributed by atoms with Gasteiger partial charge in [0, 0.05) is 0 Å². The van der Waals surface area contributed by atoms with Crippen LogP contribution >= 0.6 is 0 Å². The monoisotopic (exact) mass is 275 g/mol. The van der Waals surface area contributed by atoms with Gasteiger partial charge in [-0.3, -0.25) is 4.79 Å². The molecule has 1 saturated heterocycles. The van der Waals surface area contributed by atoms with E-state index in [2.05, 4.69) is 5.32 Å². The Labute approximate surface area is 114 Å². The van der Waals surface area contributed by atoms with Gasteiger partial charge in [-0.25, -0.2) is 0 Å². The molecule has 0 spiro atoms. The van der Waals surface area contributed by atoms with Crippen LogP contribution in [-0.4, -0.2) is 35.4 Å². The van der Waals surface area contributed by atoms with Crippen molar-refractivity contribution in [2.75, 3.05) is 18.9 Å². The fourth-order valence-corrected chi connectivity index (χ4v) is 1.64. The zero-order valence-corrected chi connectivity index (χ0v) is 10.5. The van der Waals surface area contributed by atoms with Gasteiger partial charge in [-0.2, -0.15) is 5.26 Å². The minimum absolute atomic E-state index is 0.0404. The molecule has 0 saturated carbocycles. The van der Waals surface area contributed by atoms with Crippen LogP contribution in [0.15, 0.2) is 17.7 Å². The van der Waals surface area contributed by atoms with Crippen molar-refractivity contribution in [1.82, 2.24) is 5.32 Å². The van der Waals surface area contributed by atoms with Gasteiger partial charge in [0.2, 0.25) is 0 Å². The first kappa shape index (κ1) is 13.7. The third-order valence-electron chi connectivity index (χ3n) is 2.79. The summed E-state index contributed by atoms with van der Waals surface area (Å²) < 4.78 is 4.92. The number of carbonyl (C=O) groups excluding carboxylic acids is 1. The van der Waals surface area contributed by atoms with Gasteiger partial charge >= 0.3 is 0 Å². The molecule has 0 bridgehead atoms. The Morgan fingerprint density at radius 1 is 1.50 bits per heavy atom. The Morgan fingerprint density at radius 2 is 2.20 bits per heavy atom. The molecule has 0 aliphatic carbocycles. The number of hydrogen-bond donors (Lipinski definition) is 4. The van der Waals surface area contributed by atoms with E-state index in [9.17, 15) is 15.0 Å². The Balaban J connectivity index is 2.22. The van der Waals surface area contributed by atoms with Crippen molar-refractivity contribution in [3.05, 3.63) is 23.3 Å². The molecule has 0 unspecified atom stereocenters. The average molecular weight is 275 g/mol. The summed E-state index contributed by atoms with van der Waals surface area (Å²) >= 11 is 0. The van der Waals surface area contributed by atoms with Crippen LogP contribution < -0.4 is 11.1 Å². The quantitative estimate of drug-likeness (QED) is 0.268. The highest BCUT2D eigenvalue weighted by Crippen LogP contribution is 2.32. The molecule has 2 rings (SSSR count). The second kappa shape index (κ2) is 5.50. The van der Waals surface area contributed by atoms with Gasteiger partial charge in [-0.05, 0) is 23.8 Å². The van der Waals surface area contributed by atoms with E-state index in [0.29, 0.717) is 18.8 Å². The summed E-state index contributed by atoms with van der Waals surface area (Å²) in [6, 6.07) is 4.26. The van der Waals surface area contributed by atoms with Crippen molar-refractivity contribution in [3.8, 4) is 17.6 Å². The predicted molar refractivity (Wildman–Crippen MR) is 70.5 cm³/mol. The molecule has 1 fully saturated rings. The fraction of sp³-hybridized carbons (Fsp3) is 0.231. The number of ether oxygens (including phenoxy) is 1. The number of phenols is 2. The number of hydrogen-bond acceptors (Lipinski definition) is 6.